The number of nitrogens with one attached hydrogen (secondary N) is 2. The zero-order valence-electron chi connectivity index (χ0n) is 15.1. The van der Waals surface area contributed by atoms with E-state index >= 15 is 0 Å². The van der Waals surface area contributed by atoms with Crippen LogP contribution < -0.4 is 16.2 Å². The summed E-state index contributed by atoms with van der Waals surface area (Å²) in [4.78, 5) is 25.4. The number of halogens is 3. The van der Waals surface area contributed by atoms with Gasteiger partial charge in [0, 0.05) is 35.4 Å². The fourth-order valence-corrected chi connectivity index (χ4v) is 2.97. The van der Waals surface area contributed by atoms with Crippen LogP contribution >= 0.6 is 0 Å². The van der Waals surface area contributed by atoms with Gasteiger partial charge in [-0.2, -0.15) is 13.2 Å². The van der Waals surface area contributed by atoms with Gasteiger partial charge in [-0.05, 0) is 31.2 Å². The molecule has 3 heterocycles. The second kappa shape index (κ2) is 7.04. The highest BCUT2D eigenvalue weighted by atomic mass is 19.4. The van der Waals surface area contributed by atoms with Gasteiger partial charge in [-0.3, -0.25) is 19.7 Å². The van der Waals surface area contributed by atoms with Crippen LogP contribution in [-0.2, 0) is 6.18 Å². The third-order valence-corrected chi connectivity index (χ3v) is 4.24. The van der Waals surface area contributed by atoms with Gasteiger partial charge < -0.3 is 5.32 Å². The largest absolute Gasteiger partial charge is 0.416 e. The fourth-order valence-electron chi connectivity index (χ4n) is 2.97. The molecule has 0 bridgehead atoms. The lowest BCUT2D eigenvalue weighted by atomic mass is 10.2. The number of hydrogen-bond donors (Lipinski definition) is 2. The molecule has 0 fully saturated rings. The van der Waals surface area contributed by atoms with Gasteiger partial charge in [0.15, 0.2) is 6.17 Å². The van der Waals surface area contributed by atoms with E-state index in [1.165, 1.54) is 22.8 Å². The Morgan fingerprint density at radius 1 is 1.17 bits per heavy atom. The summed E-state index contributed by atoms with van der Waals surface area (Å²) >= 11 is 0. The van der Waals surface area contributed by atoms with Crippen LogP contribution in [0.5, 0.6) is 0 Å². The molecule has 0 saturated carbocycles. The molecule has 4 rings (SSSR count). The highest BCUT2D eigenvalue weighted by molar-refractivity contribution is 6.03. The van der Waals surface area contributed by atoms with Crippen molar-refractivity contribution in [2.75, 3.05) is 10.6 Å². The van der Waals surface area contributed by atoms with Crippen molar-refractivity contribution in [2.24, 2.45) is 4.99 Å². The summed E-state index contributed by atoms with van der Waals surface area (Å²) in [6.07, 6.45) is -2.07. The van der Waals surface area contributed by atoms with E-state index in [1.54, 1.807) is 31.5 Å². The van der Waals surface area contributed by atoms with E-state index in [4.69, 9.17) is 0 Å². The van der Waals surface area contributed by atoms with Gasteiger partial charge in [0.2, 0.25) is 11.9 Å². The first-order valence-electron chi connectivity index (χ1n) is 8.60. The summed E-state index contributed by atoms with van der Waals surface area (Å²) < 4.78 is 40.3. The van der Waals surface area contributed by atoms with Gasteiger partial charge >= 0.3 is 6.18 Å². The Bertz CT molecular complexity index is 1140. The van der Waals surface area contributed by atoms with Crippen LogP contribution in [0.1, 0.15) is 23.0 Å². The average molecular weight is 400 g/mol. The number of fused-ring (bicyclic) bond motifs is 1. The molecule has 0 aliphatic carbocycles. The minimum atomic E-state index is -4.46. The molecule has 7 nitrogen and oxygen atoms in total. The summed E-state index contributed by atoms with van der Waals surface area (Å²) in [7, 11) is 0. The van der Waals surface area contributed by atoms with Crippen molar-refractivity contribution < 1.29 is 13.2 Å². The summed E-state index contributed by atoms with van der Waals surface area (Å²) in [6.45, 7) is 1.68. The fraction of sp³-hybridized carbons (Fsp3) is 0.158. The first kappa shape index (κ1) is 18.7. The second-order valence-electron chi connectivity index (χ2n) is 6.40. The predicted molar refractivity (Wildman–Crippen MR) is 102 cm³/mol. The normalized spacial score (nSPS) is 15.9. The van der Waals surface area contributed by atoms with Crippen molar-refractivity contribution in [1.82, 2.24) is 14.5 Å². The lowest BCUT2D eigenvalue weighted by molar-refractivity contribution is -0.137. The molecule has 0 saturated heterocycles. The third kappa shape index (κ3) is 3.82. The molecule has 1 aliphatic rings. The van der Waals surface area contributed by atoms with Crippen molar-refractivity contribution in [1.29, 1.82) is 0 Å². The topological polar surface area (TPSA) is 84.2 Å². The molecule has 10 heteroatoms. The molecular formula is C19H15F3N6O. The molecule has 0 radical (unpaired) electrons. The van der Waals surface area contributed by atoms with Gasteiger partial charge in [0.1, 0.15) is 0 Å². The number of anilines is 2. The van der Waals surface area contributed by atoms with E-state index < -0.39 is 17.9 Å². The lowest BCUT2D eigenvalue weighted by Crippen LogP contribution is -2.37. The highest BCUT2D eigenvalue weighted by Gasteiger charge is 2.31. The SMILES string of the molecule is Cc1cc(=O)n2c(n1)NC(Nc1cccc(C(F)(F)F)c1)=N[C@@H]2c1cccnc1. The Morgan fingerprint density at radius 2 is 2.00 bits per heavy atom. The van der Waals surface area contributed by atoms with E-state index in [2.05, 4.69) is 25.6 Å². The maximum Gasteiger partial charge on any atom is 0.416 e. The first-order valence-corrected chi connectivity index (χ1v) is 8.60. The van der Waals surface area contributed by atoms with Crippen LogP contribution in [-0.4, -0.2) is 20.5 Å². The van der Waals surface area contributed by atoms with E-state index in [-0.39, 0.29) is 23.2 Å². The van der Waals surface area contributed by atoms with E-state index in [0.29, 0.717) is 11.3 Å². The minimum absolute atomic E-state index is 0.163. The van der Waals surface area contributed by atoms with Gasteiger partial charge in [0.25, 0.3) is 5.56 Å². The maximum absolute atomic E-state index is 13.0. The van der Waals surface area contributed by atoms with Crippen LogP contribution in [0.15, 0.2) is 64.6 Å². The van der Waals surface area contributed by atoms with Gasteiger partial charge in [-0.25, -0.2) is 9.98 Å². The first-order chi connectivity index (χ1) is 13.8. The molecule has 3 aromatic rings. The molecule has 1 aromatic carbocycles. The molecular weight excluding hydrogens is 385 g/mol. The number of hydrogen-bond acceptors (Lipinski definition) is 6. The number of pyridine rings is 1. The Morgan fingerprint density at radius 3 is 2.72 bits per heavy atom. The second-order valence-corrected chi connectivity index (χ2v) is 6.40. The average Bonchev–Trinajstić information content (AvgIpc) is 2.67. The van der Waals surface area contributed by atoms with Crippen molar-refractivity contribution in [3.63, 3.8) is 0 Å². The zero-order chi connectivity index (χ0) is 20.6. The van der Waals surface area contributed by atoms with Crippen LogP contribution in [0.3, 0.4) is 0 Å². The molecule has 1 aliphatic heterocycles. The Kier molecular flexibility index (Phi) is 4.53. The van der Waals surface area contributed by atoms with E-state index in [1.807, 2.05) is 0 Å². The van der Waals surface area contributed by atoms with Crippen molar-refractivity contribution >= 4 is 17.6 Å². The summed E-state index contributed by atoms with van der Waals surface area (Å²) in [5.74, 6) is 0.393. The monoisotopic (exact) mass is 400 g/mol. The Hall–Kier alpha value is -3.69. The Balaban J connectivity index is 1.75. The molecule has 0 spiro atoms. The standard InChI is InChI=1S/C19H15F3N6O/c1-11-8-15(29)28-16(12-4-3-7-23-10-12)26-17(27-18(28)24-11)25-14-6-2-5-13(9-14)19(20,21)22/h2-10,16H,1H3,(H2,24,25,26,27)/t16-/m0/s1. The number of alkyl halides is 3. The van der Waals surface area contributed by atoms with Gasteiger partial charge in [0.05, 0.1) is 5.56 Å². The summed E-state index contributed by atoms with van der Waals surface area (Å²) in [5, 5.41) is 5.71. The van der Waals surface area contributed by atoms with E-state index in [9.17, 15) is 18.0 Å². The maximum atomic E-state index is 13.0. The van der Waals surface area contributed by atoms with Crippen molar-refractivity contribution in [3.8, 4) is 0 Å². The van der Waals surface area contributed by atoms with Crippen molar-refractivity contribution in [3.05, 3.63) is 82.0 Å². The molecule has 2 aromatic heterocycles. The molecule has 29 heavy (non-hydrogen) atoms. The van der Waals surface area contributed by atoms with Crippen molar-refractivity contribution in [2.45, 2.75) is 19.3 Å². The van der Waals surface area contributed by atoms with Crippen LogP contribution in [0.4, 0.5) is 24.8 Å². The molecule has 148 valence electrons. The van der Waals surface area contributed by atoms with Gasteiger partial charge in [-0.1, -0.05) is 12.1 Å². The number of aryl methyl sites for hydroxylation is 1. The summed E-state index contributed by atoms with van der Waals surface area (Å²) in [6, 6.07) is 9.60. The molecule has 1 atom stereocenters. The predicted octanol–water partition coefficient (Wildman–Crippen LogP) is 3.41. The zero-order valence-corrected chi connectivity index (χ0v) is 15.1. The third-order valence-electron chi connectivity index (χ3n) is 4.24. The van der Waals surface area contributed by atoms with Crippen LogP contribution in [0.25, 0.3) is 0 Å². The number of aliphatic imine (C=N–C) groups is 1. The lowest BCUT2D eigenvalue weighted by Gasteiger charge is -2.27. The summed E-state index contributed by atoms with van der Waals surface area (Å²) in [5.41, 5.74) is 0.230. The highest BCUT2D eigenvalue weighted by Crippen LogP contribution is 2.31. The molecule has 0 unspecified atom stereocenters. The number of rotatable bonds is 2. The smallest absolute Gasteiger partial charge is 0.326 e. The molecule has 2 N–H and O–H groups in total. The number of guanidine groups is 1. The van der Waals surface area contributed by atoms with Crippen LogP contribution in [0.2, 0.25) is 0 Å². The number of nitrogens with zero attached hydrogens (tertiary/aromatic N) is 4. The number of aromatic nitrogens is 3. The number of benzene rings is 1. The van der Waals surface area contributed by atoms with Gasteiger partial charge in [-0.15, -0.1) is 0 Å². The quantitative estimate of drug-likeness (QED) is 0.689. The minimum Gasteiger partial charge on any atom is -0.326 e. The molecule has 0 amide bonds. The van der Waals surface area contributed by atoms with E-state index in [0.717, 1.165) is 12.1 Å². The van der Waals surface area contributed by atoms with Crippen LogP contribution in [0, 0.1) is 6.92 Å². The Labute approximate surface area is 163 Å².